The average molecular weight is 382 g/mol. The van der Waals surface area contributed by atoms with E-state index in [4.69, 9.17) is 0 Å². The van der Waals surface area contributed by atoms with Gasteiger partial charge in [0.05, 0.1) is 5.69 Å². The predicted octanol–water partition coefficient (Wildman–Crippen LogP) is 4.18. The second-order valence-electron chi connectivity index (χ2n) is 3.25. The molecule has 1 N–H and O–H groups in total. The third-order valence-corrected chi connectivity index (χ3v) is 3.54. The topological polar surface area (TPSA) is 29.1 Å². The highest BCUT2D eigenvalue weighted by Crippen LogP contribution is 2.27. The van der Waals surface area contributed by atoms with Crippen LogP contribution in [-0.4, -0.2) is 5.91 Å². The number of anilines is 1. The van der Waals surface area contributed by atoms with Crippen LogP contribution in [0, 0.1) is 3.57 Å². The van der Waals surface area contributed by atoms with E-state index >= 15 is 0 Å². The third kappa shape index (κ3) is 4.10. The molecule has 0 spiro atoms. The van der Waals surface area contributed by atoms with Gasteiger partial charge in [-0.25, -0.2) is 0 Å². The third-order valence-electron chi connectivity index (χ3n) is 1.98. The highest BCUT2D eigenvalue weighted by molar-refractivity contribution is 14.1. The number of halogens is 2. The van der Waals surface area contributed by atoms with Crippen molar-refractivity contribution in [3.63, 3.8) is 0 Å². The summed E-state index contributed by atoms with van der Waals surface area (Å²) >= 11 is 5.64. The van der Waals surface area contributed by atoms with Gasteiger partial charge in [-0.05, 0) is 57.1 Å². The summed E-state index contributed by atoms with van der Waals surface area (Å²) in [4.78, 5) is 11.5. The Morgan fingerprint density at radius 2 is 2.27 bits per heavy atom. The number of rotatable bonds is 4. The number of benzene rings is 1. The zero-order valence-corrected chi connectivity index (χ0v) is 12.3. The Bertz CT molecular complexity index is 334. The van der Waals surface area contributed by atoms with Crippen molar-refractivity contribution in [3.8, 4) is 0 Å². The Morgan fingerprint density at radius 3 is 2.87 bits per heavy atom. The first kappa shape index (κ1) is 13.0. The predicted molar refractivity (Wildman–Crippen MR) is 75.0 cm³/mol. The van der Waals surface area contributed by atoms with E-state index in [0.29, 0.717) is 6.42 Å². The van der Waals surface area contributed by atoms with Gasteiger partial charge in [-0.3, -0.25) is 4.79 Å². The first-order chi connectivity index (χ1) is 7.15. The van der Waals surface area contributed by atoms with Gasteiger partial charge in [0.25, 0.3) is 0 Å². The molecular weight excluding hydrogens is 369 g/mol. The molecule has 0 aliphatic carbocycles. The van der Waals surface area contributed by atoms with Crippen molar-refractivity contribution in [3.05, 3.63) is 26.2 Å². The molecule has 0 aliphatic heterocycles. The monoisotopic (exact) mass is 381 g/mol. The summed E-state index contributed by atoms with van der Waals surface area (Å²) in [5, 5.41) is 2.92. The summed E-state index contributed by atoms with van der Waals surface area (Å²) < 4.78 is 1.98. The molecule has 15 heavy (non-hydrogen) atoms. The fourth-order valence-corrected chi connectivity index (χ4v) is 2.63. The van der Waals surface area contributed by atoms with Crippen LogP contribution in [0.15, 0.2) is 22.7 Å². The Kier molecular flexibility index (Phi) is 5.60. The Balaban J connectivity index is 2.68. The number of unbranched alkanes of at least 4 members (excludes halogenated alkanes) is 1. The molecule has 0 saturated carbocycles. The second kappa shape index (κ2) is 6.48. The molecule has 0 heterocycles. The Morgan fingerprint density at radius 1 is 1.53 bits per heavy atom. The average Bonchev–Trinajstić information content (AvgIpc) is 2.21. The van der Waals surface area contributed by atoms with Gasteiger partial charge in [0.2, 0.25) is 5.91 Å². The Labute approximate surface area is 112 Å². The standard InChI is InChI=1S/C11H13BrINO/c1-2-3-7-10(15)14-11-8(12)5-4-6-9(11)13/h4-6H,2-3,7H2,1H3,(H,14,15). The zero-order valence-electron chi connectivity index (χ0n) is 8.52. The summed E-state index contributed by atoms with van der Waals surface area (Å²) in [5.74, 6) is 0.0849. The van der Waals surface area contributed by atoms with E-state index in [1.165, 1.54) is 0 Å². The van der Waals surface area contributed by atoms with Crippen molar-refractivity contribution >= 4 is 50.1 Å². The summed E-state index contributed by atoms with van der Waals surface area (Å²) in [6.45, 7) is 2.08. The molecule has 1 amide bonds. The minimum Gasteiger partial charge on any atom is -0.324 e. The van der Waals surface area contributed by atoms with Gasteiger partial charge >= 0.3 is 0 Å². The van der Waals surface area contributed by atoms with Gasteiger partial charge < -0.3 is 5.32 Å². The molecule has 0 aromatic heterocycles. The molecular formula is C11H13BrINO. The van der Waals surface area contributed by atoms with Crippen molar-refractivity contribution < 1.29 is 4.79 Å². The molecule has 1 rings (SSSR count). The molecule has 0 aliphatic rings. The maximum atomic E-state index is 11.5. The van der Waals surface area contributed by atoms with Gasteiger partial charge in [-0.15, -0.1) is 0 Å². The quantitative estimate of drug-likeness (QED) is 0.778. The van der Waals surface area contributed by atoms with Crippen LogP contribution >= 0.6 is 38.5 Å². The van der Waals surface area contributed by atoms with E-state index in [0.717, 1.165) is 26.6 Å². The molecule has 0 saturated heterocycles. The molecule has 0 atom stereocenters. The number of amides is 1. The highest BCUT2D eigenvalue weighted by Gasteiger charge is 2.07. The number of hydrogen-bond acceptors (Lipinski definition) is 1. The molecule has 0 radical (unpaired) electrons. The number of para-hydroxylation sites is 1. The maximum Gasteiger partial charge on any atom is 0.224 e. The molecule has 1 aromatic carbocycles. The fourth-order valence-electron chi connectivity index (χ4n) is 1.16. The van der Waals surface area contributed by atoms with Crippen LogP contribution in [0.4, 0.5) is 5.69 Å². The van der Waals surface area contributed by atoms with Crippen molar-refractivity contribution in [2.75, 3.05) is 5.32 Å². The summed E-state index contributed by atoms with van der Waals surface area (Å²) in [6, 6.07) is 5.85. The van der Waals surface area contributed by atoms with Crippen LogP contribution in [0.1, 0.15) is 26.2 Å². The van der Waals surface area contributed by atoms with E-state index in [1.807, 2.05) is 18.2 Å². The minimum absolute atomic E-state index is 0.0849. The summed E-state index contributed by atoms with van der Waals surface area (Å²) in [5.41, 5.74) is 0.874. The number of nitrogens with one attached hydrogen (secondary N) is 1. The van der Waals surface area contributed by atoms with Crippen molar-refractivity contribution in [2.24, 2.45) is 0 Å². The van der Waals surface area contributed by atoms with Gasteiger partial charge in [-0.2, -0.15) is 0 Å². The number of carbonyl (C=O) groups excluding carboxylic acids is 1. The molecule has 0 unspecified atom stereocenters. The van der Waals surface area contributed by atoms with Crippen LogP contribution < -0.4 is 5.32 Å². The molecule has 0 fully saturated rings. The van der Waals surface area contributed by atoms with Gasteiger partial charge in [0.1, 0.15) is 0 Å². The van der Waals surface area contributed by atoms with Crippen LogP contribution in [0.25, 0.3) is 0 Å². The van der Waals surface area contributed by atoms with Crippen molar-refractivity contribution in [1.29, 1.82) is 0 Å². The molecule has 1 aromatic rings. The number of carbonyl (C=O) groups is 1. The lowest BCUT2D eigenvalue weighted by molar-refractivity contribution is -0.116. The maximum absolute atomic E-state index is 11.5. The van der Waals surface area contributed by atoms with E-state index in [2.05, 4.69) is 50.8 Å². The highest BCUT2D eigenvalue weighted by atomic mass is 127. The normalized spacial score (nSPS) is 10.1. The fraction of sp³-hybridized carbons (Fsp3) is 0.364. The van der Waals surface area contributed by atoms with Crippen molar-refractivity contribution in [2.45, 2.75) is 26.2 Å². The molecule has 0 bridgehead atoms. The van der Waals surface area contributed by atoms with Crippen molar-refractivity contribution in [1.82, 2.24) is 0 Å². The van der Waals surface area contributed by atoms with E-state index < -0.39 is 0 Å². The van der Waals surface area contributed by atoms with Gasteiger partial charge in [0, 0.05) is 14.5 Å². The summed E-state index contributed by atoms with van der Waals surface area (Å²) in [6.07, 6.45) is 2.57. The lowest BCUT2D eigenvalue weighted by Gasteiger charge is -2.08. The number of hydrogen-bond donors (Lipinski definition) is 1. The van der Waals surface area contributed by atoms with Gasteiger partial charge in [-0.1, -0.05) is 19.4 Å². The second-order valence-corrected chi connectivity index (χ2v) is 5.26. The van der Waals surface area contributed by atoms with Crippen LogP contribution in [0.3, 0.4) is 0 Å². The minimum atomic E-state index is 0.0849. The first-order valence-electron chi connectivity index (χ1n) is 4.89. The Hall–Kier alpha value is -0.100. The SMILES string of the molecule is CCCCC(=O)Nc1c(Br)cccc1I. The summed E-state index contributed by atoms with van der Waals surface area (Å²) in [7, 11) is 0. The van der Waals surface area contributed by atoms with Gasteiger partial charge in [0.15, 0.2) is 0 Å². The van der Waals surface area contributed by atoms with E-state index in [9.17, 15) is 4.79 Å². The van der Waals surface area contributed by atoms with E-state index in [-0.39, 0.29) is 5.91 Å². The lowest BCUT2D eigenvalue weighted by atomic mass is 10.2. The van der Waals surface area contributed by atoms with Crippen LogP contribution in [0.5, 0.6) is 0 Å². The first-order valence-corrected chi connectivity index (χ1v) is 6.76. The lowest BCUT2D eigenvalue weighted by Crippen LogP contribution is -2.12. The van der Waals surface area contributed by atoms with E-state index in [1.54, 1.807) is 0 Å². The van der Waals surface area contributed by atoms with Crippen LogP contribution in [-0.2, 0) is 4.79 Å². The zero-order chi connectivity index (χ0) is 11.3. The molecule has 82 valence electrons. The smallest absolute Gasteiger partial charge is 0.224 e. The molecule has 2 nitrogen and oxygen atoms in total. The molecule has 4 heteroatoms. The van der Waals surface area contributed by atoms with Crippen LogP contribution in [0.2, 0.25) is 0 Å². The largest absolute Gasteiger partial charge is 0.324 e.